The van der Waals surface area contributed by atoms with Crippen molar-refractivity contribution in [3.8, 4) is 11.3 Å². The lowest BCUT2D eigenvalue weighted by Gasteiger charge is -2.24. The number of pyridine rings is 1. The van der Waals surface area contributed by atoms with Crippen molar-refractivity contribution in [1.29, 1.82) is 0 Å². The second-order valence-corrected chi connectivity index (χ2v) is 14.6. The van der Waals surface area contributed by atoms with Gasteiger partial charge in [-0.15, -0.1) is 0 Å². The molecule has 0 N–H and O–H groups in total. The molecule has 0 unspecified atom stereocenters. The van der Waals surface area contributed by atoms with Crippen LogP contribution in [0.25, 0.3) is 22.0 Å². The van der Waals surface area contributed by atoms with E-state index in [1.807, 2.05) is 0 Å². The third-order valence-corrected chi connectivity index (χ3v) is 9.76. The molecule has 0 fully saturated rings. The molecule has 0 saturated heterocycles. The predicted molar refractivity (Wildman–Crippen MR) is 137 cm³/mol. The zero-order chi connectivity index (χ0) is 22.2. The summed E-state index contributed by atoms with van der Waals surface area (Å²) in [4.78, 5) is 0. The van der Waals surface area contributed by atoms with Gasteiger partial charge in [-0.3, -0.25) is 0 Å². The molecule has 0 bridgehead atoms. The molecule has 0 amide bonds. The van der Waals surface area contributed by atoms with Gasteiger partial charge in [0.25, 0.3) is 0 Å². The van der Waals surface area contributed by atoms with Crippen LogP contribution < -0.4 is 9.75 Å². The second kappa shape index (κ2) is 8.43. The molecule has 0 aliphatic rings. The third-order valence-electron chi connectivity index (χ3n) is 6.59. The SMILES string of the molecule is Cc1ccc(C(C)C)cc1-c1c2ccc([Si](C)(C)Cc3ccccc3)cc2cc[n+]1C. The van der Waals surface area contributed by atoms with Gasteiger partial charge in [0.05, 0.1) is 13.5 Å². The van der Waals surface area contributed by atoms with E-state index >= 15 is 0 Å². The van der Waals surface area contributed by atoms with Crippen LogP contribution in [0.1, 0.15) is 36.5 Å². The monoisotopic (exact) mass is 424 g/mol. The Kier molecular flexibility index (Phi) is 5.85. The lowest BCUT2D eigenvalue weighted by Crippen LogP contribution is -2.44. The Hall–Kier alpha value is -2.71. The minimum absolute atomic E-state index is 0.524. The normalized spacial score (nSPS) is 12.0. The molecule has 1 aromatic heterocycles. The van der Waals surface area contributed by atoms with Crippen molar-refractivity contribution in [3.05, 3.63) is 95.7 Å². The summed E-state index contributed by atoms with van der Waals surface area (Å²) in [5.41, 5.74) is 6.82. The molecule has 0 saturated carbocycles. The molecule has 4 rings (SSSR count). The number of nitrogens with zero attached hydrogens (tertiary/aromatic N) is 1. The average Bonchev–Trinajstić information content (AvgIpc) is 2.74. The smallest absolute Gasteiger partial charge is 0.200 e. The van der Waals surface area contributed by atoms with Crippen LogP contribution >= 0.6 is 0 Å². The molecule has 2 heteroatoms. The highest BCUT2D eigenvalue weighted by molar-refractivity contribution is 6.89. The first-order valence-electron chi connectivity index (χ1n) is 11.3. The molecule has 0 aliphatic heterocycles. The van der Waals surface area contributed by atoms with Gasteiger partial charge in [0.2, 0.25) is 5.69 Å². The van der Waals surface area contributed by atoms with E-state index < -0.39 is 8.07 Å². The lowest BCUT2D eigenvalue weighted by atomic mass is 9.94. The fraction of sp³-hybridized carbons (Fsp3) is 0.276. The van der Waals surface area contributed by atoms with Crippen molar-refractivity contribution in [2.24, 2.45) is 7.05 Å². The van der Waals surface area contributed by atoms with E-state index in [9.17, 15) is 0 Å². The molecule has 0 aliphatic carbocycles. The highest BCUT2D eigenvalue weighted by Crippen LogP contribution is 2.30. The number of hydrogen-bond donors (Lipinski definition) is 0. The van der Waals surface area contributed by atoms with Crippen molar-refractivity contribution >= 4 is 24.0 Å². The Morgan fingerprint density at radius 2 is 1.61 bits per heavy atom. The maximum Gasteiger partial charge on any atom is 0.220 e. The Labute approximate surface area is 188 Å². The van der Waals surface area contributed by atoms with E-state index in [1.165, 1.54) is 50.0 Å². The van der Waals surface area contributed by atoms with Gasteiger partial charge >= 0.3 is 0 Å². The molecule has 0 atom stereocenters. The summed E-state index contributed by atoms with van der Waals surface area (Å²) in [7, 11) is 0.576. The number of rotatable bonds is 5. The zero-order valence-corrected chi connectivity index (χ0v) is 20.7. The first-order valence-corrected chi connectivity index (χ1v) is 14.5. The maximum atomic E-state index is 2.49. The van der Waals surface area contributed by atoms with Crippen molar-refractivity contribution < 1.29 is 4.57 Å². The van der Waals surface area contributed by atoms with Crippen LogP contribution in [0, 0.1) is 6.92 Å². The molecule has 1 nitrogen and oxygen atoms in total. The second-order valence-electron chi connectivity index (χ2n) is 9.85. The van der Waals surface area contributed by atoms with Gasteiger partial charge < -0.3 is 0 Å². The summed E-state index contributed by atoms with van der Waals surface area (Å²) >= 11 is 0. The molecule has 4 aromatic rings. The summed E-state index contributed by atoms with van der Waals surface area (Å²) in [5, 5.41) is 4.20. The van der Waals surface area contributed by atoms with Crippen LogP contribution in [0.5, 0.6) is 0 Å². The summed E-state index contributed by atoms with van der Waals surface area (Å²) < 4.78 is 2.28. The van der Waals surface area contributed by atoms with Crippen LogP contribution in [0.15, 0.2) is 79.0 Å². The highest BCUT2D eigenvalue weighted by Gasteiger charge is 2.25. The van der Waals surface area contributed by atoms with Gasteiger partial charge in [-0.2, -0.15) is 0 Å². The molecule has 158 valence electrons. The molecular weight excluding hydrogens is 390 g/mol. The van der Waals surface area contributed by atoms with Gasteiger partial charge in [0, 0.05) is 11.6 Å². The van der Waals surface area contributed by atoms with E-state index in [0.29, 0.717) is 5.92 Å². The third kappa shape index (κ3) is 4.36. The Balaban J connectivity index is 1.82. The van der Waals surface area contributed by atoms with Gasteiger partial charge in [0.15, 0.2) is 6.20 Å². The summed E-state index contributed by atoms with van der Waals surface area (Å²) in [6.45, 7) is 11.7. The quantitative estimate of drug-likeness (QED) is 0.256. The van der Waals surface area contributed by atoms with Crippen molar-refractivity contribution in [1.82, 2.24) is 0 Å². The molecule has 31 heavy (non-hydrogen) atoms. The number of aromatic nitrogens is 1. The standard InChI is InChI=1S/C29H34NSi/c1-21(2)24-13-12-22(3)28(19-24)29-27-15-14-26(18-25(27)16-17-30(29)4)31(5,6)20-23-10-8-7-9-11-23/h7-19,21H,20H2,1-6H3/q+1. The largest absolute Gasteiger partial charge is 0.220 e. The molecule has 3 aromatic carbocycles. The molecule has 0 radical (unpaired) electrons. The predicted octanol–water partition coefficient (Wildman–Crippen LogP) is 6.46. The molecule has 1 heterocycles. The van der Waals surface area contributed by atoms with E-state index in [2.05, 4.69) is 124 Å². The first kappa shape index (κ1) is 21.5. The van der Waals surface area contributed by atoms with Crippen molar-refractivity contribution in [2.75, 3.05) is 0 Å². The van der Waals surface area contributed by atoms with Crippen LogP contribution in [-0.4, -0.2) is 8.07 Å². The zero-order valence-electron chi connectivity index (χ0n) is 19.7. The van der Waals surface area contributed by atoms with Crippen LogP contribution in [-0.2, 0) is 13.1 Å². The van der Waals surface area contributed by atoms with E-state index in [-0.39, 0.29) is 0 Å². The number of fused-ring (bicyclic) bond motifs is 1. The summed E-state index contributed by atoms with van der Waals surface area (Å²) in [6.07, 6.45) is 2.22. The summed E-state index contributed by atoms with van der Waals surface area (Å²) in [5.74, 6) is 0.524. The van der Waals surface area contributed by atoms with E-state index in [0.717, 1.165) is 0 Å². The van der Waals surface area contributed by atoms with Gasteiger partial charge in [0.1, 0.15) is 7.05 Å². The lowest BCUT2D eigenvalue weighted by molar-refractivity contribution is -0.659. The van der Waals surface area contributed by atoms with Gasteiger partial charge in [-0.1, -0.05) is 92.3 Å². The topological polar surface area (TPSA) is 3.88 Å². The first-order chi connectivity index (χ1) is 14.8. The van der Waals surface area contributed by atoms with Crippen LogP contribution in [0.4, 0.5) is 0 Å². The number of hydrogen-bond acceptors (Lipinski definition) is 0. The van der Waals surface area contributed by atoms with E-state index in [4.69, 9.17) is 0 Å². The number of aryl methyl sites for hydroxylation is 2. The Morgan fingerprint density at radius 1 is 0.871 bits per heavy atom. The molecule has 0 spiro atoms. The fourth-order valence-electron chi connectivity index (χ4n) is 4.59. The average molecular weight is 425 g/mol. The van der Waals surface area contributed by atoms with Gasteiger partial charge in [-0.05, 0) is 47.5 Å². The van der Waals surface area contributed by atoms with E-state index in [1.54, 1.807) is 0 Å². The van der Waals surface area contributed by atoms with Crippen LogP contribution in [0.2, 0.25) is 13.1 Å². The maximum absolute atomic E-state index is 2.49. The van der Waals surface area contributed by atoms with Crippen molar-refractivity contribution in [2.45, 2.75) is 45.8 Å². The molecular formula is C29H34NSi+. The minimum Gasteiger partial charge on any atom is -0.200 e. The summed E-state index contributed by atoms with van der Waals surface area (Å²) in [6, 6.07) is 28.5. The minimum atomic E-state index is -1.59. The number of benzene rings is 3. The fourth-order valence-corrected chi connectivity index (χ4v) is 7.13. The van der Waals surface area contributed by atoms with Crippen molar-refractivity contribution in [3.63, 3.8) is 0 Å². The van der Waals surface area contributed by atoms with Crippen LogP contribution in [0.3, 0.4) is 0 Å². The Morgan fingerprint density at radius 3 is 2.32 bits per heavy atom. The highest BCUT2D eigenvalue weighted by atomic mass is 28.3. The Bertz CT molecular complexity index is 1220. The van der Waals surface area contributed by atoms with Gasteiger partial charge in [-0.25, -0.2) is 4.57 Å².